The van der Waals surface area contributed by atoms with Crippen molar-refractivity contribution in [2.45, 2.75) is 46.7 Å². The van der Waals surface area contributed by atoms with E-state index in [4.69, 9.17) is 21.3 Å². The summed E-state index contributed by atoms with van der Waals surface area (Å²) in [5.41, 5.74) is 3.18. The zero-order valence-electron chi connectivity index (χ0n) is 25.4. The van der Waals surface area contributed by atoms with Crippen molar-refractivity contribution in [3.63, 3.8) is 0 Å². The summed E-state index contributed by atoms with van der Waals surface area (Å²) in [6, 6.07) is 10.2. The van der Waals surface area contributed by atoms with Gasteiger partial charge in [-0.3, -0.25) is 4.79 Å². The average Bonchev–Trinajstić information content (AvgIpc) is 3.29. The lowest BCUT2D eigenvalue weighted by Gasteiger charge is -2.47. The minimum Gasteiger partial charge on any atom is -0.478 e. The van der Waals surface area contributed by atoms with Crippen LogP contribution in [0.4, 0.5) is 10.2 Å². The van der Waals surface area contributed by atoms with Crippen molar-refractivity contribution in [1.29, 1.82) is 0 Å². The van der Waals surface area contributed by atoms with Crippen LogP contribution in [0.15, 0.2) is 42.6 Å². The fourth-order valence-electron chi connectivity index (χ4n) is 6.41. The monoisotopic (exact) mass is 619 g/mol. The van der Waals surface area contributed by atoms with Gasteiger partial charge in [-0.1, -0.05) is 24.6 Å². The lowest BCUT2D eigenvalue weighted by atomic mass is 9.89. The molecule has 44 heavy (non-hydrogen) atoms. The third-order valence-corrected chi connectivity index (χ3v) is 9.00. The van der Waals surface area contributed by atoms with Crippen molar-refractivity contribution < 1.29 is 23.8 Å². The molecule has 0 unspecified atom stereocenters. The molecule has 9 nitrogen and oxygen atoms in total. The number of aryl methyl sites for hydroxylation is 2. The van der Waals surface area contributed by atoms with E-state index in [1.165, 1.54) is 6.07 Å². The van der Waals surface area contributed by atoms with Crippen molar-refractivity contribution >= 4 is 40.3 Å². The average molecular weight is 620 g/mol. The van der Waals surface area contributed by atoms with Crippen LogP contribution in [0.25, 0.3) is 22.2 Å². The van der Waals surface area contributed by atoms with Crippen molar-refractivity contribution in [3.8, 4) is 11.1 Å². The number of carboxylic acid groups (broad SMARTS) is 1. The summed E-state index contributed by atoms with van der Waals surface area (Å²) in [6.45, 7) is 13.0. The predicted molar refractivity (Wildman–Crippen MR) is 167 cm³/mol. The highest BCUT2D eigenvalue weighted by Crippen LogP contribution is 2.36. The van der Waals surface area contributed by atoms with Crippen LogP contribution in [0, 0.1) is 25.1 Å². The van der Waals surface area contributed by atoms with Crippen LogP contribution < -0.4 is 4.90 Å². The smallest absolute Gasteiger partial charge is 0.337 e. The molecule has 0 aliphatic carbocycles. The van der Waals surface area contributed by atoms with E-state index in [0.717, 1.165) is 10.9 Å². The first kappa shape index (κ1) is 30.0. The number of carbonyl (C=O) groups excluding carboxylic acids is 1. The third kappa shape index (κ3) is 5.30. The van der Waals surface area contributed by atoms with E-state index in [2.05, 4.69) is 16.8 Å². The SMILES string of the molecule is Cc1cc(N2CCN(C(=O)c3ccc4c(-c5ccc(Cl)c(F)c5)cn(CC5(C)COC5)c4n3)C(C)(C)C2)nc(C)c1C(=O)O. The number of carboxylic acids is 1. The van der Waals surface area contributed by atoms with Crippen molar-refractivity contribution in [3.05, 3.63) is 75.9 Å². The second-order valence-electron chi connectivity index (χ2n) is 12.9. The van der Waals surface area contributed by atoms with Gasteiger partial charge in [0.25, 0.3) is 5.91 Å². The molecule has 2 fully saturated rings. The third-order valence-electron chi connectivity index (χ3n) is 8.69. The van der Waals surface area contributed by atoms with Crippen LogP contribution in [0.2, 0.25) is 5.02 Å². The van der Waals surface area contributed by atoms with Gasteiger partial charge < -0.3 is 24.2 Å². The number of rotatable bonds is 6. The summed E-state index contributed by atoms with van der Waals surface area (Å²) in [4.78, 5) is 39.1. The first-order valence-electron chi connectivity index (χ1n) is 14.6. The normalized spacial score (nSPS) is 17.5. The minimum atomic E-state index is -0.993. The molecule has 2 saturated heterocycles. The Kier molecular flexibility index (Phi) is 7.41. The maximum atomic E-state index is 14.4. The number of fused-ring (bicyclic) bond motifs is 1. The Morgan fingerprint density at radius 1 is 1.07 bits per heavy atom. The van der Waals surface area contributed by atoms with E-state index in [0.29, 0.717) is 73.4 Å². The molecule has 6 rings (SSSR count). The van der Waals surface area contributed by atoms with Gasteiger partial charge in [-0.2, -0.15) is 0 Å². The number of pyridine rings is 2. The first-order chi connectivity index (χ1) is 20.8. The van der Waals surface area contributed by atoms with Crippen LogP contribution in [-0.4, -0.2) is 74.8 Å². The molecule has 5 heterocycles. The summed E-state index contributed by atoms with van der Waals surface area (Å²) in [6.07, 6.45) is 1.97. The molecular weight excluding hydrogens is 585 g/mol. The van der Waals surface area contributed by atoms with Gasteiger partial charge in [0, 0.05) is 48.7 Å². The van der Waals surface area contributed by atoms with Crippen LogP contribution in [0.1, 0.15) is 52.9 Å². The van der Waals surface area contributed by atoms with Gasteiger partial charge in [0.1, 0.15) is 23.0 Å². The summed E-state index contributed by atoms with van der Waals surface area (Å²) >= 11 is 5.96. The highest BCUT2D eigenvalue weighted by Gasteiger charge is 2.39. The Bertz CT molecular complexity index is 1790. The lowest BCUT2D eigenvalue weighted by molar-refractivity contribution is -0.109. The number of aromatic nitrogens is 3. The molecule has 230 valence electrons. The highest BCUT2D eigenvalue weighted by atomic mass is 35.5. The molecule has 0 spiro atoms. The number of aromatic carboxylic acids is 1. The van der Waals surface area contributed by atoms with Gasteiger partial charge in [0.05, 0.1) is 35.0 Å². The van der Waals surface area contributed by atoms with E-state index >= 15 is 0 Å². The molecule has 11 heteroatoms. The van der Waals surface area contributed by atoms with Crippen LogP contribution in [-0.2, 0) is 11.3 Å². The van der Waals surface area contributed by atoms with E-state index in [9.17, 15) is 19.1 Å². The zero-order valence-corrected chi connectivity index (χ0v) is 26.2. The summed E-state index contributed by atoms with van der Waals surface area (Å²) in [7, 11) is 0. The Balaban J connectivity index is 1.31. The molecule has 2 aliphatic rings. The number of carbonyl (C=O) groups is 2. The number of hydrogen-bond donors (Lipinski definition) is 1. The molecule has 4 aromatic rings. The minimum absolute atomic E-state index is 0.0589. The molecule has 1 aromatic carbocycles. The second kappa shape index (κ2) is 10.9. The highest BCUT2D eigenvalue weighted by molar-refractivity contribution is 6.30. The number of amides is 1. The molecule has 3 aromatic heterocycles. The number of benzene rings is 1. The van der Waals surface area contributed by atoms with Crippen molar-refractivity contribution in [2.75, 3.05) is 37.7 Å². The van der Waals surface area contributed by atoms with E-state index < -0.39 is 17.3 Å². The number of piperazine rings is 1. The maximum absolute atomic E-state index is 14.4. The lowest BCUT2D eigenvalue weighted by Crippen LogP contribution is -2.61. The molecule has 0 bridgehead atoms. The van der Waals surface area contributed by atoms with Crippen LogP contribution in [0.3, 0.4) is 0 Å². The summed E-state index contributed by atoms with van der Waals surface area (Å²) in [5, 5.41) is 10.4. The summed E-state index contributed by atoms with van der Waals surface area (Å²) < 4.78 is 21.9. The van der Waals surface area contributed by atoms with Gasteiger partial charge in [-0.05, 0) is 69.2 Å². The van der Waals surface area contributed by atoms with Gasteiger partial charge in [0.15, 0.2) is 0 Å². The van der Waals surface area contributed by atoms with Crippen molar-refractivity contribution in [2.24, 2.45) is 5.41 Å². The van der Waals surface area contributed by atoms with E-state index in [1.54, 1.807) is 38.1 Å². The fraction of sp³-hybridized carbons (Fsp3) is 0.394. The van der Waals surface area contributed by atoms with Crippen molar-refractivity contribution in [1.82, 2.24) is 19.4 Å². The van der Waals surface area contributed by atoms with Gasteiger partial charge in [-0.25, -0.2) is 19.2 Å². The number of anilines is 1. The molecular formula is C33H35ClFN5O4. The molecule has 1 N–H and O–H groups in total. The van der Waals surface area contributed by atoms with Crippen LogP contribution >= 0.6 is 11.6 Å². The Morgan fingerprint density at radius 2 is 1.82 bits per heavy atom. The zero-order chi connectivity index (χ0) is 31.6. The number of ether oxygens (including phenoxy) is 1. The fourth-order valence-corrected chi connectivity index (χ4v) is 6.53. The first-order valence-corrected chi connectivity index (χ1v) is 15.0. The number of hydrogen-bond acceptors (Lipinski definition) is 6. The molecule has 0 saturated carbocycles. The van der Waals surface area contributed by atoms with Gasteiger partial charge in [-0.15, -0.1) is 0 Å². The Labute approximate surface area is 260 Å². The maximum Gasteiger partial charge on any atom is 0.337 e. The Hall–Kier alpha value is -4.02. The molecule has 1 amide bonds. The van der Waals surface area contributed by atoms with E-state index in [-0.39, 0.29) is 21.9 Å². The molecule has 0 radical (unpaired) electrons. The number of halogens is 2. The van der Waals surface area contributed by atoms with Crippen LogP contribution in [0.5, 0.6) is 0 Å². The summed E-state index contributed by atoms with van der Waals surface area (Å²) in [5.74, 6) is -0.970. The topological polar surface area (TPSA) is 101 Å². The molecule has 2 aliphatic heterocycles. The van der Waals surface area contributed by atoms with Gasteiger partial charge in [0.2, 0.25) is 0 Å². The Morgan fingerprint density at radius 3 is 2.43 bits per heavy atom. The predicted octanol–water partition coefficient (Wildman–Crippen LogP) is 5.98. The standard InChI is InChI=1S/C33H35ClFN5O4/c1-19-12-27(36-20(2)28(19)31(42)43)38-10-11-40(32(3,4)15-38)30(41)26-9-7-22-23(21-6-8-24(34)25(35)13-21)14-39(29(22)37-26)16-33(5)17-44-18-33/h6-9,12-14H,10-11,15-18H2,1-5H3,(H,42,43). The quantitative estimate of drug-likeness (QED) is 0.283. The second-order valence-corrected chi connectivity index (χ2v) is 13.3. The van der Waals surface area contributed by atoms with E-state index in [1.807, 2.05) is 35.6 Å². The largest absolute Gasteiger partial charge is 0.478 e. The number of nitrogens with zero attached hydrogens (tertiary/aromatic N) is 5. The van der Waals surface area contributed by atoms with Gasteiger partial charge >= 0.3 is 5.97 Å². The molecule has 0 atom stereocenters.